The van der Waals surface area contributed by atoms with Gasteiger partial charge in [-0.25, -0.2) is 4.39 Å². The van der Waals surface area contributed by atoms with Crippen molar-refractivity contribution in [2.24, 2.45) is 0 Å². The van der Waals surface area contributed by atoms with Gasteiger partial charge in [-0.3, -0.25) is 0 Å². The Morgan fingerprint density at radius 3 is 2.90 bits per heavy atom. The lowest BCUT2D eigenvalue weighted by molar-refractivity contribution is 0.368. The van der Waals surface area contributed by atoms with Crippen molar-refractivity contribution in [3.05, 3.63) is 59.4 Å². The van der Waals surface area contributed by atoms with E-state index in [-0.39, 0.29) is 12.4 Å². The molecule has 3 nitrogen and oxygen atoms in total. The minimum atomic E-state index is -0.222. The van der Waals surface area contributed by atoms with Gasteiger partial charge in [-0.1, -0.05) is 23.8 Å². The standard InChI is InChI=1S/C16H15FN2O/c1-12-5-6-16(17)13(9-12)11-19-14-3-2-4-15(10-14)20-8-7-18/h2-6,9-10,19H,8,11H2,1H3. The number of rotatable bonds is 5. The van der Waals surface area contributed by atoms with Gasteiger partial charge >= 0.3 is 0 Å². The summed E-state index contributed by atoms with van der Waals surface area (Å²) in [5.41, 5.74) is 2.46. The van der Waals surface area contributed by atoms with Crippen LogP contribution in [-0.4, -0.2) is 6.61 Å². The van der Waals surface area contributed by atoms with E-state index in [2.05, 4.69) is 5.32 Å². The summed E-state index contributed by atoms with van der Waals surface area (Å²) in [7, 11) is 0. The van der Waals surface area contributed by atoms with E-state index in [0.717, 1.165) is 11.3 Å². The monoisotopic (exact) mass is 270 g/mol. The Morgan fingerprint density at radius 2 is 2.10 bits per heavy atom. The Labute approximate surface area is 117 Å². The van der Waals surface area contributed by atoms with Crippen LogP contribution in [0.25, 0.3) is 0 Å². The normalized spacial score (nSPS) is 9.85. The first-order chi connectivity index (χ1) is 9.69. The maximum atomic E-state index is 13.6. The fourth-order valence-electron chi connectivity index (χ4n) is 1.85. The number of hydrogen-bond acceptors (Lipinski definition) is 3. The molecule has 0 aliphatic heterocycles. The quantitative estimate of drug-likeness (QED) is 0.902. The van der Waals surface area contributed by atoms with Crippen molar-refractivity contribution in [2.45, 2.75) is 13.5 Å². The number of nitriles is 1. The highest BCUT2D eigenvalue weighted by molar-refractivity contribution is 5.48. The van der Waals surface area contributed by atoms with Crippen molar-refractivity contribution in [1.29, 1.82) is 5.26 Å². The van der Waals surface area contributed by atoms with Crippen molar-refractivity contribution >= 4 is 5.69 Å². The average molecular weight is 270 g/mol. The average Bonchev–Trinajstić information content (AvgIpc) is 2.46. The van der Waals surface area contributed by atoms with Crippen molar-refractivity contribution in [3.63, 3.8) is 0 Å². The van der Waals surface area contributed by atoms with Crippen molar-refractivity contribution < 1.29 is 9.13 Å². The number of nitrogens with zero attached hydrogens (tertiary/aromatic N) is 1. The number of aryl methyl sites for hydroxylation is 1. The maximum absolute atomic E-state index is 13.6. The number of ether oxygens (including phenoxy) is 1. The molecule has 0 amide bonds. The molecule has 0 aliphatic rings. The number of hydrogen-bond donors (Lipinski definition) is 1. The molecule has 0 spiro atoms. The second kappa shape index (κ2) is 6.58. The first-order valence-electron chi connectivity index (χ1n) is 6.28. The first kappa shape index (κ1) is 13.9. The molecular weight excluding hydrogens is 255 g/mol. The molecule has 0 aromatic heterocycles. The van der Waals surface area contributed by atoms with Gasteiger partial charge in [0.15, 0.2) is 6.61 Å². The Bertz CT molecular complexity index is 635. The molecule has 2 aromatic carbocycles. The van der Waals surface area contributed by atoms with Gasteiger partial charge in [-0.15, -0.1) is 0 Å². The van der Waals surface area contributed by atoms with Crippen LogP contribution in [0.15, 0.2) is 42.5 Å². The van der Waals surface area contributed by atoms with Gasteiger partial charge in [-0.05, 0) is 25.1 Å². The third-order valence-corrected chi connectivity index (χ3v) is 2.82. The predicted octanol–water partition coefficient (Wildman–Crippen LogP) is 3.65. The summed E-state index contributed by atoms with van der Waals surface area (Å²) in [5, 5.41) is 11.6. The number of anilines is 1. The summed E-state index contributed by atoms with van der Waals surface area (Å²) in [6.07, 6.45) is 0. The molecule has 0 atom stereocenters. The molecule has 0 bridgehead atoms. The summed E-state index contributed by atoms with van der Waals surface area (Å²) < 4.78 is 18.8. The van der Waals surface area contributed by atoms with Gasteiger partial charge in [0, 0.05) is 23.9 Å². The van der Waals surface area contributed by atoms with Gasteiger partial charge in [0.1, 0.15) is 17.6 Å². The molecule has 2 aromatic rings. The van der Waals surface area contributed by atoms with Gasteiger partial charge in [0.25, 0.3) is 0 Å². The zero-order valence-corrected chi connectivity index (χ0v) is 11.2. The maximum Gasteiger partial charge on any atom is 0.174 e. The highest BCUT2D eigenvalue weighted by Crippen LogP contribution is 2.19. The molecule has 4 heteroatoms. The molecule has 0 aliphatic carbocycles. The third kappa shape index (κ3) is 3.72. The van der Waals surface area contributed by atoms with E-state index in [1.807, 2.05) is 31.2 Å². The largest absolute Gasteiger partial charge is 0.479 e. The minimum Gasteiger partial charge on any atom is -0.479 e. The summed E-state index contributed by atoms with van der Waals surface area (Å²) in [4.78, 5) is 0. The van der Waals surface area contributed by atoms with Crippen LogP contribution in [-0.2, 0) is 6.54 Å². The highest BCUT2D eigenvalue weighted by atomic mass is 19.1. The van der Waals surface area contributed by atoms with E-state index in [9.17, 15) is 4.39 Å². The van der Waals surface area contributed by atoms with E-state index in [1.165, 1.54) is 6.07 Å². The Hall–Kier alpha value is -2.54. The fraction of sp³-hybridized carbons (Fsp3) is 0.188. The molecular formula is C16H15FN2O. The zero-order chi connectivity index (χ0) is 14.4. The molecule has 1 N–H and O–H groups in total. The van der Waals surface area contributed by atoms with Crippen molar-refractivity contribution in [3.8, 4) is 11.8 Å². The summed E-state index contributed by atoms with van der Waals surface area (Å²) in [6, 6.07) is 14.2. The SMILES string of the molecule is Cc1ccc(F)c(CNc2cccc(OCC#N)c2)c1. The zero-order valence-electron chi connectivity index (χ0n) is 11.2. The molecule has 0 unspecified atom stereocenters. The van der Waals surface area contributed by atoms with Crippen LogP contribution in [0.4, 0.5) is 10.1 Å². The van der Waals surface area contributed by atoms with Crippen molar-refractivity contribution in [1.82, 2.24) is 0 Å². The molecule has 0 saturated carbocycles. The van der Waals surface area contributed by atoms with Crippen LogP contribution in [0, 0.1) is 24.1 Å². The van der Waals surface area contributed by atoms with E-state index in [4.69, 9.17) is 10.00 Å². The van der Waals surface area contributed by atoms with Crippen LogP contribution in [0.5, 0.6) is 5.75 Å². The van der Waals surface area contributed by atoms with Gasteiger partial charge in [0.2, 0.25) is 0 Å². The lowest BCUT2D eigenvalue weighted by atomic mass is 10.1. The van der Waals surface area contributed by atoms with E-state index in [1.54, 1.807) is 18.2 Å². The number of halogens is 1. The second-order valence-electron chi connectivity index (χ2n) is 4.42. The second-order valence-corrected chi connectivity index (χ2v) is 4.42. The van der Waals surface area contributed by atoms with Gasteiger partial charge in [0.05, 0.1) is 0 Å². The molecule has 0 fully saturated rings. The Morgan fingerprint density at radius 1 is 1.25 bits per heavy atom. The first-order valence-corrected chi connectivity index (χ1v) is 6.28. The highest BCUT2D eigenvalue weighted by Gasteiger charge is 2.03. The molecule has 0 saturated heterocycles. The van der Waals surface area contributed by atoms with Gasteiger partial charge in [-0.2, -0.15) is 5.26 Å². The van der Waals surface area contributed by atoms with E-state index < -0.39 is 0 Å². The predicted molar refractivity (Wildman–Crippen MR) is 76.0 cm³/mol. The molecule has 20 heavy (non-hydrogen) atoms. The van der Waals surface area contributed by atoms with Crippen LogP contribution in [0.1, 0.15) is 11.1 Å². The van der Waals surface area contributed by atoms with Gasteiger partial charge < -0.3 is 10.1 Å². The summed E-state index contributed by atoms with van der Waals surface area (Å²) in [5.74, 6) is 0.390. The molecule has 0 radical (unpaired) electrons. The van der Waals surface area contributed by atoms with Crippen LogP contribution in [0.3, 0.4) is 0 Å². The van der Waals surface area contributed by atoms with Crippen LogP contribution < -0.4 is 10.1 Å². The molecule has 2 rings (SSSR count). The number of benzene rings is 2. The third-order valence-electron chi connectivity index (χ3n) is 2.82. The van der Waals surface area contributed by atoms with E-state index in [0.29, 0.717) is 17.9 Å². The lowest BCUT2D eigenvalue weighted by Crippen LogP contribution is -2.02. The lowest BCUT2D eigenvalue weighted by Gasteiger charge is -2.09. The van der Waals surface area contributed by atoms with Crippen LogP contribution >= 0.6 is 0 Å². The number of nitrogens with one attached hydrogen (secondary N) is 1. The fourth-order valence-corrected chi connectivity index (χ4v) is 1.85. The molecule has 102 valence electrons. The van der Waals surface area contributed by atoms with Crippen molar-refractivity contribution in [2.75, 3.05) is 11.9 Å². The van der Waals surface area contributed by atoms with E-state index >= 15 is 0 Å². The van der Waals surface area contributed by atoms with Crippen LogP contribution in [0.2, 0.25) is 0 Å². The summed E-state index contributed by atoms with van der Waals surface area (Å²) in [6.45, 7) is 2.34. The summed E-state index contributed by atoms with van der Waals surface area (Å²) >= 11 is 0. The Kier molecular flexibility index (Phi) is 4.56. The topological polar surface area (TPSA) is 45.0 Å². The molecule has 0 heterocycles. The smallest absolute Gasteiger partial charge is 0.174 e. The Balaban J connectivity index is 2.03. The minimum absolute atomic E-state index is 0.00988.